The fourth-order valence-electron chi connectivity index (χ4n) is 1.67. The fraction of sp³-hybridized carbons (Fsp3) is 0.538. The van der Waals surface area contributed by atoms with Crippen molar-refractivity contribution in [1.29, 1.82) is 0 Å². The average molecular weight is 205 g/mol. The van der Waals surface area contributed by atoms with E-state index in [9.17, 15) is 0 Å². The summed E-state index contributed by atoms with van der Waals surface area (Å²) in [5.74, 6) is 0.841. The van der Waals surface area contributed by atoms with Crippen molar-refractivity contribution in [2.75, 3.05) is 6.61 Å². The Bertz CT molecular complexity index is 331. The third-order valence-corrected chi connectivity index (χ3v) is 2.95. The van der Waals surface area contributed by atoms with Crippen molar-refractivity contribution in [3.63, 3.8) is 0 Å². The van der Waals surface area contributed by atoms with Gasteiger partial charge in [0.25, 0.3) is 0 Å². The monoisotopic (exact) mass is 205 g/mol. The molecule has 0 aliphatic heterocycles. The maximum Gasteiger partial charge on any atom is 0.0719 e. The lowest BCUT2D eigenvalue weighted by atomic mass is 10.1. The van der Waals surface area contributed by atoms with Gasteiger partial charge in [0.05, 0.1) is 6.61 Å². The van der Waals surface area contributed by atoms with Crippen molar-refractivity contribution in [2.45, 2.75) is 32.9 Å². The van der Waals surface area contributed by atoms with E-state index in [-0.39, 0.29) is 0 Å². The van der Waals surface area contributed by atoms with Gasteiger partial charge in [-0.25, -0.2) is 0 Å². The lowest BCUT2D eigenvalue weighted by molar-refractivity contribution is 0.111. The number of aryl methyl sites for hydroxylation is 1. The second-order valence-electron chi connectivity index (χ2n) is 4.42. The van der Waals surface area contributed by atoms with Crippen LogP contribution in [0.3, 0.4) is 0 Å². The number of nitrogens with two attached hydrogens (primary N) is 1. The van der Waals surface area contributed by atoms with E-state index >= 15 is 0 Å². The number of benzene rings is 1. The van der Waals surface area contributed by atoms with E-state index in [2.05, 4.69) is 25.1 Å². The first-order valence-corrected chi connectivity index (χ1v) is 5.66. The van der Waals surface area contributed by atoms with Gasteiger partial charge in [0.2, 0.25) is 0 Å². The zero-order valence-corrected chi connectivity index (χ0v) is 9.33. The molecule has 2 heteroatoms. The van der Waals surface area contributed by atoms with E-state index in [1.807, 2.05) is 0 Å². The molecule has 1 saturated carbocycles. The normalized spacial score (nSPS) is 15.6. The average Bonchev–Trinajstić information content (AvgIpc) is 3.04. The minimum atomic E-state index is 0.615. The molecule has 1 aromatic carbocycles. The van der Waals surface area contributed by atoms with Gasteiger partial charge < -0.3 is 10.5 Å². The molecule has 1 aliphatic rings. The highest BCUT2D eigenvalue weighted by Crippen LogP contribution is 2.29. The molecule has 1 aromatic rings. The second kappa shape index (κ2) is 4.77. The molecule has 2 rings (SSSR count). The summed E-state index contributed by atoms with van der Waals surface area (Å²) in [6.45, 7) is 4.41. The highest BCUT2D eigenvalue weighted by Gasteiger charge is 2.21. The van der Waals surface area contributed by atoms with Crippen LogP contribution in [0.2, 0.25) is 0 Å². The standard InChI is InChI=1S/C13H19NO/c1-10-6-12(7-14)4-5-13(10)9-15-8-11-2-3-11/h4-6,11H,2-3,7-9,14H2,1H3. The van der Waals surface area contributed by atoms with Crippen LogP contribution in [0, 0.1) is 12.8 Å². The summed E-state index contributed by atoms with van der Waals surface area (Å²) in [5.41, 5.74) is 9.35. The Morgan fingerprint density at radius 3 is 2.80 bits per heavy atom. The quantitative estimate of drug-likeness (QED) is 0.801. The van der Waals surface area contributed by atoms with E-state index in [1.165, 1.54) is 29.5 Å². The largest absolute Gasteiger partial charge is 0.376 e. The van der Waals surface area contributed by atoms with Gasteiger partial charge in [-0.1, -0.05) is 18.2 Å². The molecule has 15 heavy (non-hydrogen) atoms. The van der Waals surface area contributed by atoms with Crippen molar-refractivity contribution in [1.82, 2.24) is 0 Å². The first-order valence-electron chi connectivity index (χ1n) is 5.66. The molecular weight excluding hydrogens is 186 g/mol. The van der Waals surface area contributed by atoms with Crippen molar-refractivity contribution in [3.05, 3.63) is 34.9 Å². The van der Waals surface area contributed by atoms with Gasteiger partial charge in [0, 0.05) is 13.2 Å². The van der Waals surface area contributed by atoms with Crippen LogP contribution in [0.1, 0.15) is 29.5 Å². The van der Waals surface area contributed by atoms with Gasteiger partial charge >= 0.3 is 0 Å². The first kappa shape index (κ1) is 10.7. The Hall–Kier alpha value is -0.860. The third kappa shape index (κ3) is 3.05. The van der Waals surface area contributed by atoms with E-state index in [0.29, 0.717) is 6.54 Å². The lowest BCUT2D eigenvalue weighted by Gasteiger charge is -2.08. The summed E-state index contributed by atoms with van der Waals surface area (Å²) in [6, 6.07) is 6.36. The molecule has 0 radical (unpaired) electrons. The van der Waals surface area contributed by atoms with Crippen LogP contribution < -0.4 is 5.73 Å². The molecule has 0 atom stereocenters. The molecule has 0 bridgehead atoms. The second-order valence-corrected chi connectivity index (χ2v) is 4.42. The van der Waals surface area contributed by atoms with Gasteiger partial charge in [-0.2, -0.15) is 0 Å². The molecule has 0 saturated heterocycles. The number of ether oxygens (including phenoxy) is 1. The fourth-order valence-corrected chi connectivity index (χ4v) is 1.67. The Balaban J connectivity index is 1.88. The molecule has 2 N–H and O–H groups in total. The van der Waals surface area contributed by atoms with Crippen LogP contribution in [-0.2, 0) is 17.9 Å². The molecule has 0 spiro atoms. The summed E-state index contributed by atoms with van der Waals surface area (Å²) in [6.07, 6.45) is 2.70. The van der Waals surface area contributed by atoms with E-state index in [4.69, 9.17) is 10.5 Å². The van der Waals surface area contributed by atoms with Gasteiger partial charge in [-0.15, -0.1) is 0 Å². The molecule has 82 valence electrons. The van der Waals surface area contributed by atoms with Crippen molar-refractivity contribution < 1.29 is 4.74 Å². The van der Waals surface area contributed by atoms with Crippen LogP contribution in [0.4, 0.5) is 0 Å². The minimum absolute atomic E-state index is 0.615. The highest BCUT2D eigenvalue weighted by molar-refractivity contribution is 5.30. The van der Waals surface area contributed by atoms with Gasteiger partial charge in [-0.3, -0.25) is 0 Å². The summed E-state index contributed by atoms with van der Waals surface area (Å²) in [5, 5.41) is 0. The van der Waals surface area contributed by atoms with Crippen LogP contribution in [0.25, 0.3) is 0 Å². The van der Waals surface area contributed by atoms with Crippen molar-refractivity contribution in [2.24, 2.45) is 11.7 Å². The summed E-state index contributed by atoms with van der Waals surface area (Å²) in [4.78, 5) is 0. The molecule has 0 heterocycles. The lowest BCUT2D eigenvalue weighted by Crippen LogP contribution is -2.01. The maximum atomic E-state index is 5.67. The molecule has 0 amide bonds. The number of hydrogen-bond acceptors (Lipinski definition) is 2. The number of rotatable bonds is 5. The molecule has 0 unspecified atom stereocenters. The molecule has 1 fully saturated rings. The Morgan fingerprint density at radius 2 is 2.20 bits per heavy atom. The van der Waals surface area contributed by atoms with E-state index < -0.39 is 0 Å². The predicted molar refractivity (Wildman–Crippen MR) is 61.5 cm³/mol. The van der Waals surface area contributed by atoms with Crippen LogP contribution >= 0.6 is 0 Å². The summed E-state index contributed by atoms with van der Waals surface area (Å²) < 4.78 is 5.67. The zero-order valence-electron chi connectivity index (χ0n) is 9.33. The Kier molecular flexibility index (Phi) is 3.39. The molecular formula is C13H19NO. The van der Waals surface area contributed by atoms with Crippen molar-refractivity contribution in [3.8, 4) is 0 Å². The maximum absolute atomic E-state index is 5.67. The van der Waals surface area contributed by atoms with Crippen LogP contribution in [-0.4, -0.2) is 6.61 Å². The van der Waals surface area contributed by atoms with Gasteiger partial charge in [0.15, 0.2) is 0 Å². The molecule has 0 aromatic heterocycles. The smallest absolute Gasteiger partial charge is 0.0719 e. The third-order valence-electron chi connectivity index (χ3n) is 2.95. The Labute approximate surface area is 91.4 Å². The Morgan fingerprint density at radius 1 is 1.40 bits per heavy atom. The summed E-state index contributed by atoms with van der Waals surface area (Å²) >= 11 is 0. The topological polar surface area (TPSA) is 35.2 Å². The molecule has 2 nitrogen and oxygen atoms in total. The number of hydrogen-bond donors (Lipinski definition) is 1. The van der Waals surface area contributed by atoms with E-state index in [0.717, 1.165) is 19.1 Å². The zero-order chi connectivity index (χ0) is 10.7. The minimum Gasteiger partial charge on any atom is -0.376 e. The first-order chi connectivity index (χ1) is 7.29. The predicted octanol–water partition coefficient (Wildman–Crippen LogP) is 2.38. The van der Waals surface area contributed by atoms with E-state index in [1.54, 1.807) is 0 Å². The van der Waals surface area contributed by atoms with Gasteiger partial charge in [0.1, 0.15) is 0 Å². The molecule has 1 aliphatic carbocycles. The van der Waals surface area contributed by atoms with Crippen molar-refractivity contribution >= 4 is 0 Å². The van der Waals surface area contributed by atoms with Crippen LogP contribution in [0.5, 0.6) is 0 Å². The highest BCUT2D eigenvalue weighted by atomic mass is 16.5. The summed E-state index contributed by atoms with van der Waals surface area (Å²) in [7, 11) is 0. The van der Waals surface area contributed by atoms with Gasteiger partial charge in [-0.05, 0) is 42.4 Å². The van der Waals surface area contributed by atoms with Crippen LogP contribution in [0.15, 0.2) is 18.2 Å². The SMILES string of the molecule is Cc1cc(CN)ccc1COCC1CC1.